The van der Waals surface area contributed by atoms with Gasteiger partial charge in [-0.3, -0.25) is 9.69 Å². The van der Waals surface area contributed by atoms with Crippen LogP contribution in [-0.2, 0) is 4.79 Å². The second kappa shape index (κ2) is 5.79. The number of carbonyl (C=O) groups excluding carboxylic acids is 1. The second-order valence-corrected chi connectivity index (χ2v) is 4.55. The summed E-state index contributed by atoms with van der Waals surface area (Å²) in [5.41, 5.74) is 6.34. The summed E-state index contributed by atoms with van der Waals surface area (Å²) in [5, 5.41) is 11.7. The first-order chi connectivity index (χ1) is 9.54. The number of ether oxygens (including phenoxy) is 1. The summed E-state index contributed by atoms with van der Waals surface area (Å²) in [5.74, 6) is -0.315. The minimum atomic E-state index is -1.11. The highest BCUT2D eigenvalue weighted by molar-refractivity contribution is 5.94. The third-order valence-electron chi connectivity index (χ3n) is 3.40. The average molecular weight is 279 g/mol. The van der Waals surface area contributed by atoms with Crippen molar-refractivity contribution in [3.63, 3.8) is 0 Å². The maximum absolute atomic E-state index is 12.2. The lowest BCUT2D eigenvalue weighted by atomic mass is 10.1. The van der Waals surface area contributed by atoms with E-state index in [0.717, 1.165) is 4.90 Å². The van der Waals surface area contributed by atoms with Crippen LogP contribution in [0.1, 0.15) is 6.42 Å². The first-order valence-electron chi connectivity index (χ1n) is 6.23. The minimum absolute atomic E-state index is 0.264. The quantitative estimate of drug-likeness (QED) is 0.763. The van der Waals surface area contributed by atoms with Gasteiger partial charge in [-0.15, -0.1) is 0 Å². The van der Waals surface area contributed by atoms with Gasteiger partial charge in [0.1, 0.15) is 5.75 Å². The van der Waals surface area contributed by atoms with Gasteiger partial charge in [-0.25, -0.2) is 4.79 Å². The minimum Gasteiger partial charge on any atom is -0.495 e. The molecule has 1 saturated heterocycles. The number of methoxy groups -OCH3 is 1. The van der Waals surface area contributed by atoms with E-state index in [1.54, 1.807) is 24.3 Å². The number of anilines is 1. The molecule has 0 saturated carbocycles. The number of amides is 2. The zero-order valence-electron chi connectivity index (χ0n) is 11.1. The summed E-state index contributed by atoms with van der Waals surface area (Å²) in [6, 6.07) is 7.01. The van der Waals surface area contributed by atoms with Gasteiger partial charge < -0.3 is 20.9 Å². The molecule has 20 heavy (non-hydrogen) atoms. The van der Waals surface area contributed by atoms with Crippen LogP contribution in [0.3, 0.4) is 0 Å². The van der Waals surface area contributed by atoms with Gasteiger partial charge in [-0.05, 0) is 18.6 Å². The van der Waals surface area contributed by atoms with E-state index >= 15 is 0 Å². The topological polar surface area (TPSA) is 105 Å². The Morgan fingerprint density at radius 2 is 2.15 bits per heavy atom. The van der Waals surface area contributed by atoms with Gasteiger partial charge in [0, 0.05) is 6.54 Å². The molecule has 1 aromatic carbocycles. The molecule has 0 bridgehead atoms. The fourth-order valence-corrected chi connectivity index (χ4v) is 2.30. The van der Waals surface area contributed by atoms with Gasteiger partial charge >= 0.3 is 6.09 Å². The third-order valence-corrected chi connectivity index (χ3v) is 3.40. The Bertz CT molecular complexity index is 520. The molecule has 1 aromatic rings. The van der Waals surface area contributed by atoms with E-state index in [1.165, 1.54) is 7.11 Å². The molecule has 1 aliphatic rings. The Balaban J connectivity index is 2.08. The van der Waals surface area contributed by atoms with Crippen molar-refractivity contribution >= 4 is 17.7 Å². The van der Waals surface area contributed by atoms with Crippen LogP contribution in [0.2, 0.25) is 0 Å². The lowest BCUT2D eigenvalue weighted by Gasteiger charge is -2.21. The van der Waals surface area contributed by atoms with Gasteiger partial charge in [0.05, 0.1) is 24.9 Å². The standard InChI is InChI=1S/C13H17N3O4/c1-20-10-5-3-2-4-9(10)15-12(17)8-6-7-16(11(8)14)13(18)19/h2-5,8,11H,6-7,14H2,1H3,(H,15,17)(H,18,19). The van der Waals surface area contributed by atoms with Crippen LogP contribution in [0, 0.1) is 5.92 Å². The normalized spacial score (nSPS) is 21.6. The SMILES string of the molecule is COc1ccccc1NC(=O)C1CCN(C(=O)O)C1N. The van der Waals surface area contributed by atoms with Crippen molar-refractivity contribution in [3.8, 4) is 5.75 Å². The van der Waals surface area contributed by atoms with Gasteiger partial charge in [0.2, 0.25) is 5.91 Å². The van der Waals surface area contributed by atoms with Crippen molar-refractivity contribution in [2.75, 3.05) is 19.0 Å². The van der Waals surface area contributed by atoms with Crippen LogP contribution in [0.4, 0.5) is 10.5 Å². The average Bonchev–Trinajstić information content (AvgIpc) is 2.81. The Kier molecular flexibility index (Phi) is 4.09. The summed E-state index contributed by atoms with van der Waals surface area (Å²) in [7, 11) is 1.51. The molecule has 0 spiro atoms. The molecular weight excluding hydrogens is 262 g/mol. The number of benzene rings is 1. The molecule has 1 heterocycles. The van der Waals surface area contributed by atoms with E-state index in [2.05, 4.69) is 5.32 Å². The number of carbonyl (C=O) groups is 2. The highest BCUT2D eigenvalue weighted by Crippen LogP contribution is 2.26. The largest absolute Gasteiger partial charge is 0.495 e. The number of nitrogens with zero attached hydrogens (tertiary/aromatic N) is 1. The molecule has 0 radical (unpaired) electrons. The lowest BCUT2D eigenvalue weighted by molar-refractivity contribution is -0.120. The van der Waals surface area contributed by atoms with Crippen LogP contribution in [0.5, 0.6) is 5.75 Å². The van der Waals surface area contributed by atoms with E-state index in [-0.39, 0.29) is 12.5 Å². The van der Waals surface area contributed by atoms with Gasteiger partial charge in [0.15, 0.2) is 0 Å². The smallest absolute Gasteiger partial charge is 0.408 e. The molecule has 2 unspecified atom stereocenters. The monoisotopic (exact) mass is 279 g/mol. The number of likely N-dealkylation sites (tertiary alicyclic amines) is 1. The summed E-state index contributed by atoms with van der Waals surface area (Å²) in [6.45, 7) is 0.264. The van der Waals surface area contributed by atoms with Crippen molar-refractivity contribution in [1.82, 2.24) is 4.90 Å². The van der Waals surface area contributed by atoms with E-state index in [1.807, 2.05) is 0 Å². The van der Waals surface area contributed by atoms with E-state index in [0.29, 0.717) is 17.9 Å². The third kappa shape index (κ3) is 2.67. The van der Waals surface area contributed by atoms with Crippen LogP contribution in [0.15, 0.2) is 24.3 Å². The molecule has 2 rings (SSSR count). The molecule has 0 aromatic heterocycles. The predicted octanol–water partition coefficient (Wildman–Crippen LogP) is 0.918. The molecule has 7 nitrogen and oxygen atoms in total. The Morgan fingerprint density at radius 1 is 1.45 bits per heavy atom. The summed E-state index contributed by atoms with van der Waals surface area (Å²) >= 11 is 0. The predicted molar refractivity (Wildman–Crippen MR) is 72.4 cm³/mol. The highest BCUT2D eigenvalue weighted by Gasteiger charge is 2.38. The number of nitrogens with one attached hydrogen (secondary N) is 1. The van der Waals surface area contributed by atoms with Crippen molar-refractivity contribution in [3.05, 3.63) is 24.3 Å². The molecule has 1 aliphatic heterocycles. The summed E-state index contributed by atoms with van der Waals surface area (Å²) < 4.78 is 5.14. The molecule has 4 N–H and O–H groups in total. The molecule has 0 aliphatic carbocycles. The lowest BCUT2D eigenvalue weighted by Crippen LogP contribution is -2.46. The van der Waals surface area contributed by atoms with Crippen LogP contribution >= 0.6 is 0 Å². The number of nitrogens with two attached hydrogens (primary N) is 1. The highest BCUT2D eigenvalue weighted by atomic mass is 16.5. The Labute approximate surface area is 116 Å². The first kappa shape index (κ1) is 14.1. The number of rotatable bonds is 3. The van der Waals surface area contributed by atoms with Crippen LogP contribution < -0.4 is 15.8 Å². The summed E-state index contributed by atoms with van der Waals surface area (Å²) in [6.07, 6.45) is -1.51. The van der Waals surface area contributed by atoms with Gasteiger partial charge in [-0.1, -0.05) is 12.1 Å². The zero-order valence-corrected chi connectivity index (χ0v) is 11.1. The second-order valence-electron chi connectivity index (χ2n) is 4.55. The molecule has 108 valence electrons. The zero-order chi connectivity index (χ0) is 14.7. The fraction of sp³-hybridized carbons (Fsp3) is 0.385. The van der Waals surface area contributed by atoms with Crippen molar-refractivity contribution < 1.29 is 19.4 Å². The first-order valence-corrected chi connectivity index (χ1v) is 6.23. The maximum Gasteiger partial charge on any atom is 0.408 e. The molecular formula is C13H17N3O4. The van der Waals surface area contributed by atoms with Crippen molar-refractivity contribution in [1.29, 1.82) is 0 Å². The van der Waals surface area contributed by atoms with Crippen LogP contribution in [0.25, 0.3) is 0 Å². The van der Waals surface area contributed by atoms with E-state index in [4.69, 9.17) is 15.6 Å². The molecule has 2 amide bonds. The van der Waals surface area contributed by atoms with Gasteiger partial charge in [0.25, 0.3) is 0 Å². The number of carboxylic acid groups (broad SMARTS) is 1. The van der Waals surface area contributed by atoms with Crippen molar-refractivity contribution in [2.24, 2.45) is 11.7 Å². The van der Waals surface area contributed by atoms with Crippen molar-refractivity contribution in [2.45, 2.75) is 12.6 Å². The van der Waals surface area contributed by atoms with E-state index in [9.17, 15) is 9.59 Å². The van der Waals surface area contributed by atoms with Crippen LogP contribution in [-0.4, -0.2) is 41.8 Å². The molecule has 2 atom stereocenters. The Hall–Kier alpha value is -2.28. The summed E-state index contributed by atoms with van der Waals surface area (Å²) in [4.78, 5) is 24.2. The van der Waals surface area contributed by atoms with E-state index < -0.39 is 18.2 Å². The maximum atomic E-state index is 12.2. The Morgan fingerprint density at radius 3 is 2.75 bits per heavy atom. The number of hydrogen-bond acceptors (Lipinski definition) is 4. The fourth-order valence-electron chi connectivity index (χ4n) is 2.30. The number of para-hydroxylation sites is 2. The molecule has 1 fully saturated rings. The van der Waals surface area contributed by atoms with Gasteiger partial charge in [-0.2, -0.15) is 0 Å². The molecule has 7 heteroatoms. The number of hydrogen-bond donors (Lipinski definition) is 3.